The maximum atomic E-state index is 10.4. The van der Waals surface area contributed by atoms with E-state index in [1.54, 1.807) is 6.08 Å². The second-order valence-corrected chi connectivity index (χ2v) is 2.68. The molecule has 0 bridgehead atoms. The molecule has 0 aromatic carbocycles. The number of unbranched alkanes of at least 4 members (excludes halogenated alkanes) is 1. The highest BCUT2D eigenvalue weighted by Crippen LogP contribution is 2.11. The lowest BCUT2D eigenvalue weighted by atomic mass is 9.99. The molecular weight excluding hydrogens is 140 g/mol. The Balaban J connectivity index is 3.69. The molecule has 0 fully saturated rings. The fourth-order valence-electron chi connectivity index (χ4n) is 0.984. The number of rotatable bonds is 6. The molecule has 0 rings (SSSR count). The van der Waals surface area contributed by atoms with Gasteiger partial charge in [0.1, 0.15) is 0 Å². The SMILES string of the molecule is C=CCC(CCCC)C(=O)[O-]. The van der Waals surface area contributed by atoms with Gasteiger partial charge in [0.05, 0.1) is 0 Å². The first-order chi connectivity index (χ1) is 5.22. The van der Waals surface area contributed by atoms with Gasteiger partial charge in [-0.05, 0) is 12.8 Å². The Morgan fingerprint density at radius 1 is 1.73 bits per heavy atom. The van der Waals surface area contributed by atoms with Crippen molar-refractivity contribution in [1.29, 1.82) is 0 Å². The van der Waals surface area contributed by atoms with Crippen LogP contribution in [0, 0.1) is 5.92 Å². The average Bonchev–Trinajstić information content (AvgIpc) is 1.97. The summed E-state index contributed by atoms with van der Waals surface area (Å²) in [6, 6.07) is 0. The summed E-state index contributed by atoms with van der Waals surface area (Å²) < 4.78 is 0. The predicted octanol–water partition coefficient (Wildman–Crippen LogP) is 1.12. The van der Waals surface area contributed by atoms with Crippen molar-refractivity contribution in [2.24, 2.45) is 5.92 Å². The first-order valence-electron chi connectivity index (χ1n) is 4.04. The minimum Gasteiger partial charge on any atom is -0.550 e. The number of hydrogen-bond acceptors (Lipinski definition) is 2. The average molecular weight is 155 g/mol. The van der Waals surface area contributed by atoms with Crippen LogP contribution in [0.2, 0.25) is 0 Å². The van der Waals surface area contributed by atoms with Crippen LogP contribution in [0.25, 0.3) is 0 Å². The van der Waals surface area contributed by atoms with E-state index in [0.29, 0.717) is 12.8 Å². The summed E-state index contributed by atoms with van der Waals surface area (Å²) in [6.07, 6.45) is 4.86. The monoisotopic (exact) mass is 155 g/mol. The number of aliphatic carboxylic acids is 1. The van der Waals surface area contributed by atoms with E-state index in [1.807, 2.05) is 6.92 Å². The zero-order valence-corrected chi connectivity index (χ0v) is 7.01. The summed E-state index contributed by atoms with van der Waals surface area (Å²) in [5, 5.41) is 10.4. The molecule has 0 aliphatic heterocycles. The van der Waals surface area contributed by atoms with Crippen LogP contribution >= 0.6 is 0 Å². The topological polar surface area (TPSA) is 40.1 Å². The highest BCUT2D eigenvalue weighted by atomic mass is 16.4. The van der Waals surface area contributed by atoms with Crippen molar-refractivity contribution < 1.29 is 9.90 Å². The Morgan fingerprint density at radius 2 is 2.36 bits per heavy atom. The molecule has 0 aliphatic carbocycles. The zero-order chi connectivity index (χ0) is 8.69. The van der Waals surface area contributed by atoms with Gasteiger partial charge in [-0.1, -0.05) is 25.8 Å². The quantitative estimate of drug-likeness (QED) is 0.539. The van der Waals surface area contributed by atoms with Crippen molar-refractivity contribution in [3.63, 3.8) is 0 Å². The molecule has 0 heterocycles. The van der Waals surface area contributed by atoms with E-state index in [9.17, 15) is 9.90 Å². The van der Waals surface area contributed by atoms with Gasteiger partial charge in [-0.3, -0.25) is 0 Å². The lowest BCUT2D eigenvalue weighted by molar-refractivity contribution is -0.311. The summed E-state index contributed by atoms with van der Waals surface area (Å²) in [6.45, 7) is 5.54. The summed E-state index contributed by atoms with van der Waals surface area (Å²) >= 11 is 0. The number of carboxylic acid groups (broad SMARTS) is 1. The van der Waals surface area contributed by atoms with Crippen LogP contribution < -0.4 is 5.11 Å². The molecular formula is C9H15O2-. The van der Waals surface area contributed by atoms with Crippen molar-refractivity contribution >= 4 is 5.97 Å². The number of allylic oxidation sites excluding steroid dienone is 1. The van der Waals surface area contributed by atoms with Crippen LogP contribution in [0.5, 0.6) is 0 Å². The Kier molecular flexibility index (Phi) is 5.53. The van der Waals surface area contributed by atoms with E-state index < -0.39 is 5.97 Å². The van der Waals surface area contributed by atoms with E-state index in [0.717, 1.165) is 12.8 Å². The van der Waals surface area contributed by atoms with Gasteiger partial charge >= 0.3 is 0 Å². The minimum atomic E-state index is -0.946. The lowest BCUT2D eigenvalue weighted by Crippen LogP contribution is -2.30. The van der Waals surface area contributed by atoms with Crippen molar-refractivity contribution in [3.8, 4) is 0 Å². The smallest absolute Gasteiger partial charge is 0.0448 e. The highest BCUT2D eigenvalue weighted by molar-refractivity contribution is 5.67. The molecule has 0 saturated heterocycles. The van der Waals surface area contributed by atoms with Crippen LogP contribution in [0.1, 0.15) is 32.6 Å². The summed E-state index contributed by atoms with van der Waals surface area (Å²) in [4.78, 5) is 10.4. The molecule has 1 atom stereocenters. The number of hydrogen-bond donors (Lipinski definition) is 0. The Morgan fingerprint density at radius 3 is 2.73 bits per heavy atom. The van der Waals surface area contributed by atoms with E-state index in [1.165, 1.54) is 0 Å². The summed E-state index contributed by atoms with van der Waals surface area (Å²) in [5.74, 6) is -1.27. The molecule has 2 nitrogen and oxygen atoms in total. The van der Waals surface area contributed by atoms with Gasteiger partial charge in [0, 0.05) is 11.9 Å². The molecule has 0 aromatic heterocycles. The van der Waals surface area contributed by atoms with Crippen molar-refractivity contribution in [1.82, 2.24) is 0 Å². The standard InChI is InChI=1S/C9H16O2/c1-3-5-7-8(6-4-2)9(10)11/h4,8H,2-3,5-7H2,1H3,(H,10,11)/p-1. The van der Waals surface area contributed by atoms with Gasteiger partial charge in [-0.25, -0.2) is 0 Å². The Hall–Kier alpha value is -0.790. The predicted molar refractivity (Wildman–Crippen MR) is 42.8 cm³/mol. The Labute approximate surface area is 67.9 Å². The molecule has 1 unspecified atom stereocenters. The first kappa shape index (κ1) is 10.2. The van der Waals surface area contributed by atoms with Crippen LogP contribution in [-0.2, 0) is 4.79 Å². The second-order valence-electron chi connectivity index (χ2n) is 2.68. The van der Waals surface area contributed by atoms with E-state index in [4.69, 9.17) is 0 Å². The van der Waals surface area contributed by atoms with Crippen LogP contribution in [-0.4, -0.2) is 5.97 Å². The lowest BCUT2D eigenvalue weighted by Gasteiger charge is -2.14. The maximum Gasteiger partial charge on any atom is 0.0448 e. The van der Waals surface area contributed by atoms with Crippen molar-refractivity contribution in [2.75, 3.05) is 0 Å². The molecule has 0 N–H and O–H groups in total. The summed E-state index contributed by atoms with van der Waals surface area (Å²) in [7, 11) is 0. The molecule has 64 valence electrons. The molecule has 11 heavy (non-hydrogen) atoms. The van der Waals surface area contributed by atoms with Crippen molar-refractivity contribution in [3.05, 3.63) is 12.7 Å². The number of carboxylic acids is 1. The first-order valence-corrected chi connectivity index (χ1v) is 4.04. The molecule has 0 saturated carbocycles. The van der Waals surface area contributed by atoms with Crippen LogP contribution in [0.15, 0.2) is 12.7 Å². The highest BCUT2D eigenvalue weighted by Gasteiger charge is 2.05. The third-order valence-electron chi connectivity index (χ3n) is 1.69. The third kappa shape index (κ3) is 4.59. The van der Waals surface area contributed by atoms with Gasteiger partial charge in [0.25, 0.3) is 0 Å². The number of carbonyl (C=O) groups is 1. The fourth-order valence-corrected chi connectivity index (χ4v) is 0.984. The third-order valence-corrected chi connectivity index (χ3v) is 1.69. The summed E-state index contributed by atoms with van der Waals surface area (Å²) in [5.41, 5.74) is 0. The van der Waals surface area contributed by atoms with Gasteiger partial charge < -0.3 is 9.90 Å². The van der Waals surface area contributed by atoms with E-state index in [2.05, 4.69) is 6.58 Å². The van der Waals surface area contributed by atoms with Gasteiger partial charge in [0.15, 0.2) is 0 Å². The molecule has 0 amide bonds. The van der Waals surface area contributed by atoms with Gasteiger partial charge in [-0.2, -0.15) is 0 Å². The van der Waals surface area contributed by atoms with Gasteiger partial charge in [-0.15, -0.1) is 6.58 Å². The van der Waals surface area contributed by atoms with E-state index >= 15 is 0 Å². The minimum absolute atomic E-state index is 0.326. The molecule has 2 heteroatoms. The van der Waals surface area contributed by atoms with Crippen molar-refractivity contribution in [2.45, 2.75) is 32.6 Å². The van der Waals surface area contributed by atoms with Crippen LogP contribution in [0.4, 0.5) is 0 Å². The number of carbonyl (C=O) groups excluding carboxylic acids is 1. The zero-order valence-electron chi connectivity index (χ0n) is 7.01. The molecule has 0 radical (unpaired) electrons. The van der Waals surface area contributed by atoms with E-state index in [-0.39, 0.29) is 5.92 Å². The second kappa shape index (κ2) is 5.96. The normalized spacial score (nSPS) is 12.5. The Bertz CT molecular complexity index is 130. The largest absolute Gasteiger partial charge is 0.550 e. The fraction of sp³-hybridized carbons (Fsp3) is 0.667. The van der Waals surface area contributed by atoms with Crippen LogP contribution in [0.3, 0.4) is 0 Å². The molecule has 0 aliphatic rings. The maximum absolute atomic E-state index is 10.4. The van der Waals surface area contributed by atoms with Gasteiger partial charge in [0.2, 0.25) is 0 Å². The molecule has 0 aromatic rings. The molecule has 0 spiro atoms.